The van der Waals surface area contributed by atoms with Gasteiger partial charge in [-0.3, -0.25) is 14.1 Å². The summed E-state index contributed by atoms with van der Waals surface area (Å²) in [7, 11) is -4.79. The molecule has 5 aliphatic carbocycles. The molecule has 0 heterocycles. The zero-order valence-electron chi connectivity index (χ0n) is 24.0. The summed E-state index contributed by atoms with van der Waals surface area (Å²) < 4.78 is 37.6. The number of fused-ring (bicyclic) bond motifs is 7. The number of hydrogen-bond donors (Lipinski definition) is 3. The number of hydrogen-bond acceptors (Lipinski definition) is 5. The Hall–Kier alpha value is -1.45. The molecule has 5 rings (SSSR count). The van der Waals surface area contributed by atoms with Crippen molar-refractivity contribution in [2.24, 2.45) is 56.7 Å². The molecule has 11 atom stereocenters. The lowest BCUT2D eigenvalue weighted by atomic mass is 9.32. The van der Waals surface area contributed by atoms with Gasteiger partial charge < -0.3 is 10.2 Å². The summed E-state index contributed by atoms with van der Waals surface area (Å²) >= 11 is 0. The number of rotatable bonds is 5. The fourth-order valence-corrected chi connectivity index (χ4v) is 12.5. The van der Waals surface area contributed by atoms with Crippen LogP contribution in [0, 0.1) is 56.7 Å². The molecule has 0 saturated heterocycles. The topological polar surface area (TPSA) is 138 Å². The van der Waals surface area contributed by atoms with Gasteiger partial charge in [-0.05, 0) is 124 Å². The van der Waals surface area contributed by atoms with E-state index in [4.69, 9.17) is 4.18 Å². The highest BCUT2D eigenvalue weighted by molar-refractivity contribution is 7.80. The van der Waals surface area contributed by atoms with Crippen LogP contribution in [0.25, 0.3) is 0 Å². The molecule has 0 aromatic carbocycles. The van der Waals surface area contributed by atoms with Crippen LogP contribution in [0.5, 0.6) is 0 Å². The average molecular weight is 567 g/mol. The molecular weight excluding hydrogens is 520 g/mol. The monoisotopic (exact) mass is 566 g/mol. The molecule has 3 N–H and O–H groups in total. The van der Waals surface area contributed by atoms with E-state index in [1.807, 2.05) is 0 Å². The largest absolute Gasteiger partial charge is 0.481 e. The molecular formula is C30H46O8S. The summed E-state index contributed by atoms with van der Waals surface area (Å²) in [5.41, 5.74) is -1.68. The first kappa shape index (κ1) is 29.1. The highest BCUT2D eigenvalue weighted by Gasteiger charge is 2.75. The maximum atomic E-state index is 13.0. The highest BCUT2D eigenvalue weighted by atomic mass is 32.3. The van der Waals surface area contributed by atoms with Crippen LogP contribution in [0.1, 0.15) is 98.8 Å². The van der Waals surface area contributed by atoms with Gasteiger partial charge >= 0.3 is 22.3 Å². The predicted molar refractivity (Wildman–Crippen MR) is 145 cm³/mol. The first-order valence-corrected chi connectivity index (χ1v) is 16.0. The molecule has 0 aliphatic heterocycles. The van der Waals surface area contributed by atoms with Crippen molar-refractivity contribution in [1.82, 2.24) is 0 Å². The minimum Gasteiger partial charge on any atom is -0.481 e. The summed E-state index contributed by atoms with van der Waals surface area (Å²) in [6.07, 6.45) is 6.12. The Bertz CT molecular complexity index is 1200. The quantitative estimate of drug-likeness (QED) is 0.273. The molecule has 39 heavy (non-hydrogen) atoms. The fourth-order valence-electron chi connectivity index (χ4n) is 11.9. The number of allylic oxidation sites excluding steroid dienone is 1. The van der Waals surface area contributed by atoms with E-state index < -0.39 is 39.3 Å². The van der Waals surface area contributed by atoms with Gasteiger partial charge in [-0.15, -0.1) is 0 Å². The molecule has 8 nitrogen and oxygen atoms in total. The summed E-state index contributed by atoms with van der Waals surface area (Å²) in [5.74, 6) is -1.26. The number of carbonyl (C=O) groups is 2. The Morgan fingerprint density at radius 1 is 0.821 bits per heavy atom. The van der Waals surface area contributed by atoms with Crippen molar-refractivity contribution < 1.29 is 37.0 Å². The van der Waals surface area contributed by atoms with E-state index in [1.165, 1.54) is 0 Å². The number of aliphatic carboxylic acids is 2. The van der Waals surface area contributed by atoms with Crippen LogP contribution in [0.15, 0.2) is 12.2 Å². The summed E-state index contributed by atoms with van der Waals surface area (Å²) in [4.78, 5) is 25.7. The second-order valence-electron chi connectivity index (χ2n) is 14.7. The molecule has 9 heteroatoms. The molecule has 0 aromatic rings. The van der Waals surface area contributed by atoms with Crippen LogP contribution < -0.4 is 0 Å². The van der Waals surface area contributed by atoms with Crippen molar-refractivity contribution in [3.63, 3.8) is 0 Å². The SMILES string of the molecule is C=C(C)C1CCC2(C(=O)O)CCC3(C)C(CCC4C5CCC(OS(=O)(=O)O)C(C)(C(=O)O)C5CCC43C)C12C. The van der Waals surface area contributed by atoms with Gasteiger partial charge in [0.05, 0.1) is 16.9 Å². The minimum atomic E-state index is -4.79. The zero-order valence-corrected chi connectivity index (χ0v) is 24.8. The van der Waals surface area contributed by atoms with Gasteiger partial charge in [0.2, 0.25) is 0 Å². The van der Waals surface area contributed by atoms with Crippen molar-refractivity contribution >= 4 is 22.3 Å². The van der Waals surface area contributed by atoms with E-state index in [2.05, 4.69) is 34.3 Å². The second-order valence-corrected chi connectivity index (χ2v) is 15.7. The maximum absolute atomic E-state index is 13.0. The van der Waals surface area contributed by atoms with Crippen molar-refractivity contribution in [3.05, 3.63) is 12.2 Å². The Labute approximate surface area is 232 Å². The first-order chi connectivity index (χ1) is 17.9. The Morgan fingerprint density at radius 3 is 2.05 bits per heavy atom. The van der Waals surface area contributed by atoms with Crippen LogP contribution in [-0.2, 0) is 24.2 Å². The van der Waals surface area contributed by atoms with E-state index in [9.17, 15) is 32.8 Å². The van der Waals surface area contributed by atoms with E-state index >= 15 is 0 Å². The van der Waals surface area contributed by atoms with E-state index in [0.29, 0.717) is 25.7 Å². The van der Waals surface area contributed by atoms with Crippen molar-refractivity contribution in [3.8, 4) is 0 Å². The van der Waals surface area contributed by atoms with Crippen LogP contribution in [0.3, 0.4) is 0 Å². The molecule has 5 aliphatic rings. The van der Waals surface area contributed by atoms with Crippen LogP contribution in [0.4, 0.5) is 0 Å². The molecule has 0 spiro atoms. The average Bonchev–Trinajstić information content (AvgIpc) is 3.14. The molecule has 0 amide bonds. The van der Waals surface area contributed by atoms with Gasteiger partial charge in [0.15, 0.2) is 0 Å². The zero-order chi connectivity index (χ0) is 29.0. The normalized spacial score (nSPS) is 51.1. The third-order valence-electron chi connectivity index (χ3n) is 14.0. The van der Waals surface area contributed by atoms with E-state index in [0.717, 1.165) is 37.7 Å². The Kier molecular flexibility index (Phi) is 6.54. The van der Waals surface area contributed by atoms with Gasteiger partial charge in [-0.2, -0.15) is 8.42 Å². The maximum Gasteiger partial charge on any atom is 0.397 e. The fraction of sp³-hybridized carbons (Fsp3) is 0.867. The lowest BCUT2D eigenvalue weighted by molar-refractivity contribution is -0.244. The van der Waals surface area contributed by atoms with Gasteiger partial charge in [0.1, 0.15) is 0 Å². The van der Waals surface area contributed by atoms with Crippen LogP contribution in [0.2, 0.25) is 0 Å². The third kappa shape index (κ3) is 3.57. The molecule has 0 bridgehead atoms. The molecule has 11 unspecified atom stereocenters. The number of carboxylic acids is 2. The van der Waals surface area contributed by atoms with Gasteiger partial charge in [-0.1, -0.05) is 32.9 Å². The minimum absolute atomic E-state index is 0.0941. The lowest BCUT2D eigenvalue weighted by Gasteiger charge is -2.72. The molecule has 220 valence electrons. The molecule has 0 radical (unpaired) electrons. The van der Waals surface area contributed by atoms with Crippen LogP contribution in [-0.4, -0.2) is 41.2 Å². The second kappa shape index (κ2) is 8.78. The van der Waals surface area contributed by atoms with Gasteiger partial charge in [0.25, 0.3) is 0 Å². The Morgan fingerprint density at radius 2 is 1.49 bits per heavy atom. The molecule has 0 aromatic heterocycles. The molecule has 5 fully saturated rings. The van der Waals surface area contributed by atoms with Crippen molar-refractivity contribution in [1.29, 1.82) is 0 Å². The smallest absolute Gasteiger partial charge is 0.397 e. The Balaban J connectivity index is 1.54. The van der Waals surface area contributed by atoms with Crippen molar-refractivity contribution in [2.75, 3.05) is 0 Å². The molecule has 5 saturated carbocycles. The summed E-state index contributed by atoms with van der Waals surface area (Å²) in [6.45, 7) is 15.0. The van der Waals surface area contributed by atoms with E-state index in [-0.39, 0.29) is 52.3 Å². The first-order valence-electron chi connectivity index (χ1n) is 14.7. The standard InChI is InChI=1S/C30H46O8S/c1-17(2)19-12-14-30(25(33)34)16-15-27(4)22(29(19,30)6)9-8-20-18-7-10-23(38-39(35,36)37)28(5,24(31)32)21(18)11-13-26(20,27)3/h18-23H,1,7-16H2,2-6H3,(H,31,32)(H,33,34)(H,35,36,37). The van der Waals surface area contributed by atoms with Crippen molar-refractivity contribution in [2.45, 2.75) is 105 Å². The van der Waals surface area contributed by atoms with Gasteiger partial charge in [0, 0.05) is 0 Å². The van der Waals surface area contributed by atoms with Crippen LogP contribution >= 0.6 is 0 Å². The predicted octanol–water partition coefficient (Wildman–Crippen LogP) is 5.98. The van der Waals surface area contributed by atoms with E-state index in [1.54, 1.807) is 6.92 Å². The highest BCUT2D eigenvalue weighted by Crippen LogP contribution is 2.79. The summed E-state index contributed by atoms with van der Waals surface area (Å²) in [6, 6.07) is 0. The summed E-state index contributed by atoms with van der Waals surface area (Å²) in [5, 5.41) is 21.0. The number of carboxylic acid groups (broad SMARTS) is 2. The van der Waals surface area contributed by atoms with Gasteiger partial charge in [-0.25, -0.2) is 4.18 Å². The lowest BCUT2D eigenvalue weighted by Crippen LogP contribution is -2.68. The third-order valence-corrected chi connectivity index (χ3v) is 14.5.